The van der Waals surface area contributed by atoms with Crippen LogP contribution < -0.4 is 5.32 Å². The second-order valence-corrected chi connectivity index (χ2v) is 4.21. The van der Waals surface area contributed by atoms with Gasteiger partial charge in [-0.3, -0.25) is 0 Å². The van der Waals surface area contributed by atoms with E-state index < -0.39 is 0 Å². The molecular formula is C11H14N4. The Balaban J connectivity index is 1.95. The van der Waals surface area contributed by atoms with Gasteiger partial charge in [-0.15, -0.1) is 0 Å². The summed E-state index contributed by atoms with van der Waals surface area (Å²) in [6, 6.07) is 3.97. The van der Waals surface area contributed by atoms with Crippen molar-refractivity contribution in [2.24, 2.45) is 5.92 Å². The molecule has 1 N–H and O–H groups in total. The Labute approximate surface area is 88.3 Å². The van der Waals surface area contributed by atoms with Crippen LogP contribution in [0.5, 0.6) is 0 Å². The Morgan fingerprint density at radius 2 is 2.40 bits per heavy atom. The highest BCUT2D eigenvalue weighted by Gasteiger charge is 2.21. The van der Waals surface area contributed by atoms with Crippen LogP contribution in [0, 0.1) is 12.8 Å². The Morgan fingerprint density at radius 1 is 1.53 bits per heavy atom. The van der Waals surface area contributed by atoms with Crippen molar-refractivity contribution in [1.29, 1.82) is 0 Å². The van der Waals surface area contributed by atoms with E-state index in [2.05, 4.69) is 15.4 Å². The lowest BCUT2D eigenvalue weighted by Crippen LogP contribution is -2.09. The van der Waals surface area contributed by atoms with Crippen molar-refractivity contribution in [2.45, 2.75) is 19.8 Å². The summed E-state index contributed by atoms with van der Waals surface area (Å²) in [6.45, 7) is 3.06. The number of anilines is 1. The largest absolute Gasteiger partial charge is 0.370 e. The minimum Gasteiger partial charge on any atom is -0.370 e. The normalized spacial score (nSPS) is 15.8. The number of hydrogen-bond acceptors (Lipinski definition) is 3. The van der Waals surface area contributed by atoms with Crippen LogP contribution >= 0.6 is 0 Å². The van der Waals surface area contributed by atoms with Crippen molar-refractivity contribution < 1.29 is 0 Å². The highest BCUT2D eigenvalue weighted by molar-refractivity contribution is 5.48. The SMILES string of the molecule is Cc1cc(NCC2CC2)n2nccc2n1. The Morgan fingerprint density at radius 3 is 3.20 bits per heavy atom. The molecule has 1 fully saturated rings. The van der Waals surface area contributed by atoms with Gasteiger partial charge in [-0.1, -0.05) is 0 Å². The summed E-state index contributed by atoms with van der Waals surface area (Å²) in [4.78, 5) is 4.40. The molecule has 2 aromatic rings. The topological polar surface area (TPSA) is 42.2 Å². The summed E-state index contributed by atoms with van der Waals surface area (Å²) in [5.41, 5.74) is 1.94. The van der Waals surface area contributed by atoms with Gasteiger partial charge in [0.2, 0.25) is 0 Å². The van der Waals surface area contributed by atoms with Gasteiger partial charge in [0.25, 0.3) is 0 Å². The second kappa shape index (κ2) is 3.22. The fraction of sp³-hybridized carbons (Fsp3) is 0.455. The summed E-state index contributed by atoms with van der Waals surface area (Å²) >= 11 is 0. The van der Waals surface area contributed by atoms with Gasteiger partial charge < -0.3 is 5.32 Å². The van der Waals surface area contributed by atoms with Gasteiger partial charge in [0.15, 0.2) is 5.65 Å². The first-order chi connectivity index (χ1) is 7.33. The predicted molar refractivity (Wildman–Crippen MR) is 58.9 cm³/mol. The van der Waals surface area contributed by atoms with Gasteiger partial charge in [-0.25, -0.2) is 4.98 Å². The van der Waals surface area contributed by atoms with E-state index in [0.717, 1.165) is 29.6 Å². The maximum atomic E-state index is 4.40. The molecule has 1 saturated carbocycles. The molecular weight excluding hydrogens is 188 g/mol. The third kappa shape index (κ3) is 1.67. The molecule has 4 nitrogen and oxygen atoms in total. The third-order valence-corrected chi connectivity index (χ3v) is 2.76. The number of aromatic nitrogens is 3. The lowest BCUT2D eigenvalue weighted by atomic mass is 10.4. The Bertz CT molecular complexity index is 484. The summed E-state index contributed by atoms with van der Waals surface area (Å²) in [5, 5.41) is 7.69. The van der Waals surface area contributed by atoms with Crippen molar-refractivity contribution in [3.05, 3.63) is 24.0 Å². The lowest BCUT2D eigenvalue weighted by molar-refractivity contribution is 0.854. The highest BCUT2D eigenvalue weighted by atomic mass is 15.3. The summed E-state index contributed by atoms with van der Waals surface area (Å²) in [6.07, 6.45) is 4.50. The van der Waals surface area contributed by atoms with Crippen LogP contribution in [-0.2, 0) is 0 Å². The molecule has 0 atom stereocenters. The van der Waals surface area contributed by atoms with Crippen molar-refractivity contribution in [3.8, 4) is 0 Å². The zero-order chi connectivity index (χ0) is 10.3. The molecule has 0 aromatic carbocycles. The molecule has 15 heavy (non-hydrogen) atoms. The smallest absolute Gasteiger partial charge is 0.157 e. The number of nitrogens with one attached hydrogen (secondary N) is 1. The van der Waals surface area contributed by atoms with Crippen molar-refractivity contribution in [1.82, 2.24) is 14.6 Å². The van der Waals surface area contributed by atoms with Crippen LogP contribution in [0.1, 0.15) is 18.5 Å². The molecule has 3 rings (SSSR count). The molecule has 2 aromatic heterocycles. The van der Waals surface area contributed by atoms with Gasteiger partial charge in [0.05, 0.1) is 6.20 Å². The number of fused-ring (bicyclic) bond motifs is 1. The first-order valence-corrected chi connectivity index (χ1v) is 5.38. The minimum absolute atomic E-state index is 0.865. The van der Waals surface area contributed by atoms with Crippen molar-refractivity contribution in [3.63, 3.8) is 0 Å². The standard InChI is InChI=1S/C11H14N4/c1-8-6-11(12-7-9-2-3-9)15-10(14-8)4-5-13-15/h4-6,9,12H,2-3,7H2,1H3. The van der Waals surface area contributed by atoms with E-state index in [1.807, 2.05) is 23.6 Å². The summed E-state index contributed by atoms with van der Waals surface area (Å²) < 4.78 is 1.86. The van der Waals surface area contributed by atoms with Gasteiger partial charge in [0.1, 0.15) is 5.82 Å². The molecule has 0 spiro atoms. The average molecular weight is 202 g/mol. The van der Waals surface area contributed by atoms with E-state index in [-0.39, 0.29) is 0 Å². The fourth-order valence-corrected chi connectivity index (χ4v) is 1.74. The van der Waals surface area contributed by atoms with Crippen LogP contribution in [0.3, 0.4) is 0 Å². The van der Waals surface area contributed by atoms with E-state index >= 15 is 0 Å². The first kappa shape index (κ1) is 8.71. The molecule has 0 radical (unpaired) electrons. The molecule has 4 heteroatoms. The van der Waals surface area contributed by atoms with E-state index in [0.29, 0.717) is 0 Å². The molecule has 0 bridgehead atoms. The molecule has 1 aliphatic carbocycles. The monoisotopic (exact) mass is 202 g/mol. The van der Waals surface area contributed by atoms with Gasteiger partial charge in [0, 0.05) is 24.4 Å². The maximum Gasteiger partial charge on any atom is 0.157 e. The van der Waals surface area contributed by atoms with Crippen LogP contribution in [0.25, 0.3) is 5.65 Å². The van der Waals surface area contributed by atoms with E-state index in [1.54, 1.807) is 6.20 Å². The average Bonchev–Trinajstić information content (AvgIpc) is 2.92. The molecule has 0 unspecified atom stereocenters. The van der Waals surface area contributed by atoms with E-state index in [9.17, 15) is 0 Å². The predicted octanol–water partition coefficient (Wildman–Crippen LogP) is 1.86. The zero-order valence-electron chi connectivity index (χ0n) is 8.77. The number of hydrogen-bond donors (Lipinski definition) is 1. The zero-order valence-corrected chi connectivity index (χ0v) is 8.77. The van der Waals surface area contributed by atoms with Crippen LogP contribution in [-0.4, -0.2) is 21.1 Å². The fourth-order valence-electron chi connectivity index (χ4n) is 1.74. The number of aryl methyl sites for hydroxylation is 1. The van der Waals surface area contributed by atoms with E-state index in [4.69, 9.17) is 0 Å². The van der Waals surface area contributed by atoms with Crippen LogP contribution in [0.4, 0.5) is 5.82 Å². The van der Waals surface area contributed by atoms with Gasteiger partial charge in [-0.2, -0.15) is 9.61 Å². The van der Waals surface area contributed by atoms with E-state index in [1.165, 1.54) is 12.8 Å². The number of nitrogens with zero attached hydrogens (tertiary/aromatic N) is 3. The van der Waals surface area contributed by atoms with Crippen molar-refractivity contribution >= 4 is 11.5 Å². The summed E-state index contributed by atoms with van der Waals surface area (Å²) in [7, 11) is 0. The quantitative estimate of drug-likeness (QED) is 0.826. The van der Waals surface area contributed by atoms with Crippen LogP contribution in [0.15, 0.2) is 18.3 Å². The Kier molecular flexibility index (Phi) is 1.87. The molecule has 2 heterocycles. The van der Waals surface area contributed by atoms with Gasteiger partial charge in [-0.05, 0) is 25.7 Å². The summed E-state index contributed by atoms with van der Waals surface area (Å²) in [5.74, 6) is 1.92. The molecule has 0 amide bonds. The molecule has 0 saturated heterocycles. The molecule has 0 aliphatic heterocycles. The minimum atomic E-state index is 0.865. The Hall–Kier alpha value is -1.58. The third-order valence-electron chi connectivity index (χ3n) is 2.76. The van der Waals surface area contributed by atoms with Gasteiger partial charge >= 0.3 is 0 Å². The molecule has 1 aliphatic rings. The van der Waals surface area contributed by atoms with Crippen LogP contribution in [0.2, 0.25) is 0 Å². The van der Waals surface area contributed by atoms with Crippen molar-refractivity contribution in [2.75, 3.05) is 11.9 Å². The number of rotatable bonds is 3. The first-order valence-electron chi connectivity index (χ1n) is 5.38. The second-order valence-electron chi connectivity index (χ2n) is 4.21. The highest BCUT2D eigenvalue weighted by Crippen LogP contribution is 2.28. The molecule has 78 valence electrons. The lowest BCUT2D eigenvalue weighted by Gasteiger charge is -2.08. The maximum absolute atomic E-state index is 4.40.